The molecule has 154 valence electrons. The van der Waals surface area contributed by atoms with Crippen LogP contribution < -0.4 is 14.8 Å². The number of ether oxygens (including phenoxy) is 3. The zero-order valence-corrected chi connectivity index (χ0v) is 17.4. The Kier molecular flexibility index (Phi) is 10.1. The summed E-state index contributed by atoms with van der Waals surface area (Å²) in [7, 11) is 1.59. The van der Waals surface area contributed by atoms with Crippen molar-refractivity contribution in [1.82, 2.24) is 5.32 Å². The molecule has 1 N–H and O–H groups in total. The summed E-state index contributed by atoms with van der Waals surface area (Å²) in [4.78, 5) is 0. The minimum Gasteiger partial charge on any atom is -0.493 e. The summed E-state index contributed by atoms with van der Waals surface area (Å²) in [5, 5.41) is 3.73. The molecule has 0 amide bonds. The maximum absolute atomic E-state index is 14.0. The molecule has 0 aliphatic carbocycles. The van der Waals surface area contributed by atoms with Gasteiger partial charge in [-0.3, -0.25) is 0 Å². The normalized spacial score (nSPS) is 10.9. The monoisotopic (exact) mass is 409 g/mol. The van der Waals surface area contributed by atoms with Crippen LogP contribution in [0.4, 0.5) is 4.39 Å². The highest BCUT2D eigenvalue weighted by molar-refractivity contribution is 6.31. The minimum absolute atomic E-state index is 0.0319. The van der Waals surface area contributed by atoms with Crippen molar-refractivity contribution in [2.75, 3.05) is 26.9 Å². The molecule has 0 saturated heterocycles. The first-order chi connectivity index (χ1) is 13.7. The number of methoxy groups -OCH3 is 1. The van der Waals surface area contributed by atoms with Crippen molar-refractivity contribution in [2.45, 2.75) is 39.3 Å². The van der Waals surface area contributed by atoms with E-state index in [1.807, 2.05) is 18.2 Å². The molecule has 0 bridgehead atoms. The molecule has 6 heteroatoms. The Balaban J connectivity index is 1.92. The third kappa shape index (κ3) is 6.97. The fraction of sp³-hybridized carbons (Fsp3) is 0.455. The Morgan fingerprint density at radius 3 is 2.61 bits per heavy atom. The molecular weight excluding hydrogens is 381 g/mol. The molecular formula is C22H29ClFNO3. The summed E-state index contributed by atoms with van der Waals surface area (Å²) in [5.41, 5.74) is 1.27. The molecule has 0 atom stereocenters. The summed E-state index contributed by atoms with van der Waals surface area (Å²) in [5.74, 6) is 0.816. The van der Waals surface area contributed by atoms with Crippen LogP contribution in [-0.2, 0) is 17.9 Å². The second kappa shape index (κ2) is 12.6. The van der Waals surface area contributed by atoms with Crippen LogP contribution in [0.2, 0.25) is 5.02 Å². The zero-order valence-electron chi connectivity index (χ0n) is 16.6. The molecule has 0 heterocycles. The predicted octanol–water partition coefficient (Wildman–Crippen LogP) is 5.36. The Morgan fingerprint density at radius 2 is 1.86 bits per heavy atom. The second-order valence-corrected chi connectivity index (χ2v) is 6.84. The smallest absolute Gasteiger partial charge is 0.166 e. The first-order valence-corrected chi connectivity index (χ1v) is 10.0. The highest BCUT2D eigenvalue weighted by Crippen LogP contribution is 2.32. The number of rotatable bonds is 13. The SMILES string of the molecule is CCCCOCCCNCc1cccc(OC)c1OCc1c(F)cccc1Cl. The molecule has 0 spiro atoms. The molecule has 2 aromatic rings. The predicted molar refractivity (Wildman–Crippen MR) is 111 cm³/mol. The molecule has 2 rings (SSSR count). The van der Waals surface area contributed by atoms with Gasteiger partial charge in [-0.25, -0.2) is 4.39 Å². The van der Waals surface area contributed by atoms with Crippen LogP contribution >= 0.6 is 11.6 Å². The van der Waals surface area contributed by atoms with Crippen LogP contribution in [0.15, 0.2) is 36.4 Å². The summed E-state index contributed by atoms with van der Waals surface area (Å²) < 4.78 is 30.9. The fourth-order valence-electron chi connectivity index (χ4n) is 2.71. The van der Waals surface area contributed by atoms with Gasteiger partial charge in [0.2, 0.25) is 0 Å². The number of nitrogens with one attached hydrogen (secondary N) is 1. The van der Waals surface area contributed by atoms with E-state index in [4.69, 9.17) is 25.8 Å². The second-order valence-electron chi connectivity index (χ2n) is 6.43. The molecule has 2 aromatic carbocycles. The van der Waals surface area contributed by atoms with E-state index in [2.05, 4.69) is 12.2 Å². The quantitative estimate of drug-likeness (QED) is 0.452. The van der Waals surface area contributed by atoms with E-state index < -0.39 is 0 Å². The highest BCUT2D eigenvalue weighted by Gasteiger charge is 2.13. The van der Waals surface area contributed by atoms with Crippen LogP contribution in [-0.4, -0.2) is 26.9 Å². The Bertz CT molecular complexity index is 707. The van der Waals surface area contributed by atoms with E-state index in [1.54, 1.807) is 19.2 Å². The fourth-order valence-corrected chi connectivity index (χ4v) is 2.93. The van der Waals surface area contributed by atoms with Crippen molar-refractivity contribution in [3.63, 3.8) is 0 Å². The van der Waals surface area contributed by atoms with Gasteiger partial charge >= 0.3 is 0 Å². The minimum atomic E-state index is -0.384. The maximum Gasteiger partial charge on any atom is 0.166 e. The van der Waals surface area contributed by atoms with Gasteiger partial charge in [0.05, 0.1) is 12.1 Å². The summed E-state index contributed by atoms with van der Waals surface area (Å²) in [6.45, 7) is 5.21. The molecule has 0 aromatic heterocycles. The van der Waals surface area contributed by atoms with Crippen molar-refractivity contribution in [2.24, 2.45) is 0 Å². The lowest BCUT2D eigenvalue weighted by molar-refractivity contribution is 0.128. The number of hydrogen-bond acceptors (Lipinski definition) is 4. The van der Waals surface area contributed by atoms with Crippen LogP contribution in [0, 0.1) is 5.82 Å². The van der Waals surface area contributed by atoms with Crippen molar-refractivity contribution < 1.29 is 18.6 Å². The molecule has 0 aliphatic rings. The topological polar surface area (TPSA) is 39.7 Å². The van der Waals surface area contributed by atoms with Gasteiger partial charge in [-0.2, -0.15) is 0 Å². The van der Waals surface area contributed by atoms with Gasteiger partial charge in [-0.05, 0) is 37.6 Å². The van der Waals surface area contributed by atoms with Crippen molar-refractivity contribution in [1.29, 1.82) is 0 Å². The van der Waals surface area contributed by atoms with Gasteiger partial charge in [0.25, 0.3) is 0 Å². The third-order valence-electron chi connectivity index (χ3n) is 4.30. The van der Waals surface area contributed by atoms with Crippen molar-refractivity contribution >= 4 is 11.6 Å². The number of para-hydroxylation sites is 1. The third-order valence-corrected chi connectivity index (χ3v) is 4.66. The molecule has 0 fully saturated rings. The van der Waals surface area contributed by atoms with Gasteiger partial charge < -0.3 is 19.5 Å². The Labute approximate surface area is 171 Å². The van der Waals surface area contributed by atoms with E-state index in [9.17, 15) is 4.39 Å². The number of hydrogen-bond donors (Lipinski definition) is 1. The standard InChI is InChI=1S/C22H29ClFNO3/c1-3-4-13-27-14-7-12-25-15-17-8-5-11-21(26-2)22(17)28-16-18-19(23)9-6-10-20(18)24/h5-6,8-11,25H,3-4,7,12-16H2,1-2H3. The summed E-state index contributed by atoms with van der Waals surface area (Å²) in [6, 6.07) is 10.3. The first kappa shape index (κ1) is 22.5. The number of halogens is 2. The lowest BCUT2D eigenvalue weighted by Gasteiger charge is -2.16. The molecule has 28 heavy (non-hydrogen) atoms. The maximum atomic E-state index is 14.0. The summed E-state index contributed by atoms with van der Waals surface area (Å²) in [6.07, 6.45) is 3.19. The number of benzene rings is 2. The molecule has 0 aliphatic heterocycles. The van der Waals surface area contributed by atoms with Crippen LogP contribution in [0.5, 0.6) is 11.5 Å². The average molecular weight is 410 g/mol. The van der Waals surface area contributed by atoms with E-state index >= 15 is 0 Å². The Hall–Kier alpha value is -1.82. The zero-order chi connectivity index (χ0) is 20.2. The van der Waals surface area contributed by atoms with Gasteiger partial charge in [0.1, 0.15) is 12.4 Å². The molecule has 0 radical (unpaired) electrons. The molecule has 4 nitrogen and oxygen atoms in total. The van der Waals surface area contributed by atoms with E-state index in [0.717, 1.165) is 44.6 Å². The highest BCUT2D eigenvalue weighted by atomic mass is 35.5. The van der Waals surface area contributed by atoms with Crippen LogP contribution in [0.3, 0.4) is 0 Å². The lowest BCUT2D eigenvalue weighted by atomic mass is 10.1. The largest absolute Gasteiger partial charge is 0.493 e. The van der Waals surface area contributed by atoms with Gasteiger partial charge in [0, 0.05) is 30.9 Å². The van der Waals surface area contributed by atoms with Gasteiger partial charge in [-0.1, -0.05) is 43.1 Å². The van der Waals surface area contributed by atoms with Crippen LogP contribution in [0.1, 0.15) is 37.3 Å². The lowest BCUT2D eigenvalue weighted by Crippen LogP contribution is -2.17. The average Bonchev–Trinajstić information content (AvgIpc) is 2.70. The number of unbranched alkanes of at least 4 members (excludes halogenated alkanes) is 1. The van der Waals surface area contributed by atoms with Gasteiger partial charge in [-0.15, -0.1) is 0 Å². The Morgan fingerprint density at radius 1 is 1.07 bits per heavy atom. The van der Waals surface area contributed by atoms with Crippen molar-refractivity contribution in [3.05, 3.63) is 58.4 Å². The molecule has 0 unspecified atom stereocenters. The molecule has 0 saturated carbocycles. The van der Waals surface area contributed by atoms with E-state index in [0.29, 0.717) is 28.6 Å². The van der Waals surface area contributed by atoms with Gasteiger partial charge in [0.15, 0.2) is 11.5 Å². The van der Waals surface area contributed by atoms with Crippen molar-refractivity contribution in [3.8, 4) is 11.5 Å². The van der Waals surface area contributed by atoms with E-state index in [1.165, 1.54) is 6.07 Å². The van der Waals surface area contributed by atoms with Crippen LogP contribution in [0.25, 0.3) is 0 Å². The van der Waals surface area contributed by atoms with E-state index in [-0.39, 0.29) is 12.4 Å². The summed E-state index contributed by atoms with van der Waals surface area (Å²) >= 11 is 6.10. The first-order valence-electron chi connectivity index (χ1n) is 9.67.